The molecule has 0 rings (SSSR count). The summed E-state index contributed by atoms with van der Waals surface area (Å²) < 4.78 is 0. The molecule has 0 aliphatic carbocycles. The number of carbonyl (C=O) groups is 2. The minimum absolute atomic E-state index is 0.482. The van der Waals surface area contributed by atoms with Crippen LogP contribution in [0.5, 0.6) is 0 Å². The third-order valence-electron chi connectivity index (χ3n) is 0.845. The molecule has 62 valence electrons. The van der Waals surface area contributed by atoms with E-state index in [0.717, 1.165) is 6.08 Å². The summed E-state index contributed by atoms with van der Waals surface area (Å²) in [5, 5.41) is 24.9. The Labute approximate surface area is 62.6 Å². The third kappa shape index (κ3) is 6.53. The van der Waals surface area contributed by atoms with Gasteiger partial charge in [0.1, 0.15) is 0 Å². The highest BCUT2D eigenvalue weighted by molar-refractivity contribution is 5.80. The zero-order chi connectivity index (χ0) is 8.85. The number of aliphatic carboxylic acids is 2. The van der Waals surface area contributed by atoms with E-state index in [4.69, 9.17) is 15.3 Å². The average Bonchev–Trinajstić information content (AvgIpc) is 1.82. The first kappa shape index (κ1) is 9.64. The van der Waals surface area contributed by atoms with Gasteiger partial charge in [-0.1, -0.05) is 0 Å². The zero-order valence-electron chi connectivity index (χ0n) is 5.60. The summed E-state index contributed by atoms with van der Waals surface area (Å²) in [6, 6.07) is 0. The summed E-state index contributed by atoms with van der Waals surface area (Å²) in [7, 11) is 0. The second-order valence-corrected chi connectivity index (χ2v) is 1.86. The lowest BCUT2D eigenvalue weighted by Crippen LogP contribution is -2.10. The van der Waals surface area contributed by atoms with Crippen molar-refractivity contribution in [2.24, 2.45) is 0 Å². The molecule has 0 heterocycles. The Morgan fingerprint density at radius 1 is 1.36 bits per heavy atom. The summed E-state index contributed by atoms with van der Waals surface area (Å²) in [6.45, 7) is 0. The van der Waals surface area contributed by atoms with Gasteiger partial charge < -0.3 is 15.3 Å². The van der Waals surface area contributed by atoms with Crippen LogP contribution in [-0.2, 0) is 9.59 Å². The van der Waals surface area contributed by atoms with Gasteiger partial charge in [0.2, 0.25) is 0 Å². The molecule has 0 aromatic heterocycles. The lowest BCUT2D eigenvalue weighted by Gasteiger charge is -1.97. The van der Waals surface area contributed by atoms with Gasteiger partial charge in [-0.05, 0) is 6.08 Å². The molecule has 0 amide bonds. The van der Waals surface area contributed by atoms with Crippen molar-refractivity contribution in [3.05, 3.63) is 12.2 Å². The quantitative estimate of drug-likeness (QED) is 0.480. The van der Waals surface area contributed by atoms with Crippen LogP contribution in [-0.4, -0.2) is 33.4 Å². The molecular formula is C6H8O5. The summed E-state index contributed by atoms with van der Waals surface area (Å²) in [6.07, 6.45) is -0.100. The minimum atomic E-state index is -1.23. The Bertz CT molecular complexity index is 183. The molecule has 11 heavy (non-hydrogen) atoms. The second-order valence-electron chi connectivity index (χ2n) is 1.86. The van der Waals surface area contributed by atoms with Crippen molar-refractivity contribution in [2.75, 3.05) is 0 Å². The molecule has 1 atom stereocenters. The largest absolute Gasteiger partial charge is 0.481 e. The van der Waals surface area contributed by atoms with E-state index in [-0.39, 0.29) is 0 Å². The molecule has 0 aliphatic heterocycles. The highest BCUT2D eigenvalue weighted by atomic mass is 16.4. The van der Waals surface area contributed by atoms with E-state index in [1.165, 1.54) is 0 Å². The van der Waals surface area contributed by atoms with Gasteiger partial charge in [-0.2, -0.15) is 0 Å². The fourth-order valence-electron chi connectivity index (χ4n) is 0.440. The van der Waals surface area contributed by atoms with Gasteiger partial charge in [0.25, 0.3) is 0 Å². The molecule has 0 spiro atoms. The molecule has 0 saturated carbocycles. The number of aliphatic hydroxyl groups is 1. The number of rotatable bonds is 4. The van der Waals surface area contributed by atoms with Gasteiger partial charge >= 0.3 is 11.9 Å². The van der Waals surface area contributed by atoms with Crippen LogP contribution in [0.25, 0.3) is 0 Å². The molecule has 0 saturated heterocycles. The highest BCUT2D eigenvalue weighted by Gasteiger charge is 2.04. The van der Waals surface area contributed by atoms with Crippen LogP contribution in [0.3, 0.4) is 0 Å². The topological polar surface area (TPSA) is 94.8 Å². The number of aliphatic hydroxyl groups excluding tert-OH is 1. The van der Waals surface area contributed by atoms with E-state index in [9.17, 15) is 9.59 Å². The second kappa shape index (κ2) is 4.45. The molecule has 0 fully saturated rings. The van der Waals surface area contributed by atoms with Crippen LogP contribution in [0.1, 0.15) is 6.42 Å². The summed E-state index contributed by atoms with van der Waals surface area (Å²) in [5.41, 5.74) is 0. The third-order valence-corrected chi connectivity index (χ3v) is 0.845. The van der Waals surface area contributed by atoms with Crippen molar-refractivity contribution in [3.8, 4) is 0 Å². The molecule has 0 aromatic rings. The summed E-state index contributed by atoms with van der Waals surface area (Å²) >= 11 is 0. The standard InChI is InChI=1S/C6H8O5/c7-4(3-6(10)11)1-2-5(8)9/h1-2,4,7H,3H2,(H,8,9)(H,10,11). The van der Waals surface area contributed by atoms with Gasteiger partial charge in [0, 0.05) is 6.08 Å². The molecule has 0 aromatic carbocycles. The fourth-order valence-corrected chi connectivity index (χ4v) is 0.440. The van der Waals surface area contributed by atoms with Gasteiger partial charge in [-0.3, -0.25) is 4.79 Å². The first-order chi connectivity index (χ1) is 5.02. The molecule has 1 unspecified atom stereocenters. The highest BCUT2D eigenvalue weighted by Crippen LogP contribution is 1.92. The number of hydrogen-bond donors (Lipinski definition) is 3. The first-order valence-electron chi connectivity index (χ1n) is 2.83. The Morgan fingerprint density at radius 2 is 1.91 bits per heavy atom. The predicted octanol–water partition coefficient (Wildman–Crippen LogP) is -0.537. The monoisotopic (exact) mass is 160 g/mol. The van der Waals surface area contributed by atoms with Gasteiger partial charge in [0.05, 0.1) is 12.5 Å². The Kier molecular flexibility index (Phi) is 3.90. The van der Waals surface area contributed by atoms with Crippen molar-refractivity contribution in [2.45, 2.75) is 12.5 Å². The number of carboxylic acids is 2. The van der Waals surface area contributed by atoms with Crippen molar-refractivity contribution in [3.63, 3.8) is 0 Å². The maximum Gasteiger partial charge on any atom is 0.328 e. The normalized spacial score (nSPS) is 13.2. The summed E-state index contributed by atoms with van der Waals surface area (Å²) in [5.74, 6) is -2.39. The van der Waals surface area contributed by atoms with Crippen molar-refractivity contribution in [1.29, 1.82) is 0 Å². The number of carboxylic acid groups (broad SMARTS) is 2. The van der Waals surface area contributed by atoms with E-state index >= 15 is 0 Å². The maximum atomic E-state index is 9.91. The molecule has 5 nitrogen and oxygen atoms in total. The lowest BCUT2D eigenvalue weighted by atomic mass is 10.2. The van der Waals surface area contributed by atoms with Crippen LogP contribution >= 0.6 is 0 Å². The SMILES string of the molecule is O=C(O)C=CC(O)CC(=O)O. The molecule has 0 bridgehead atoms. The van der Waals surface area contributed by atoms with E-state index in [2.05, 4.69) is 0 Å². The van der Waals surface area contributed by atoms with Crippen LogP contribution in [0.4, 0.5) is 0 Å². The van der Waals surface area contributed by atoms with E-state index in [1.54, 1.807) is 0 Å². The molecule has 5 heteroatoms. The molecule has 0 radical (unpaired) electrons. The molecule has 0 aliphatic rings. The van der Waals surface area contributed by atoms with Crippen LogP contribution < -0.4 is 0 Å². The Hall–Kier alpha value is -1.36. The van der Waals surface area contributed by atoms with Gasteiger partial charge in [0.15, 0.2) is 0 Å². The van der Waals surface area contributed by atoms with E-state index in [0.29, 0.717) is 6.08 Å². The number of hydrogen-bond acceptors (Lipinski definition) is 3. The zero-order valence-corrected chi connectivity index (χ0v) is 5.60. The van der Waals surface area contributed by atoms with Crippen LogP contribution in [0, 0.1) is 0 Å². The van der Waals surface area contributed by atoms with E-state index in [1.807, 2.05) is 0 Å². The van der Waals surface area contributed by atoms with Crippen LogP contribution in [0.2, 0.25) is 0 Å². The average molecular weight is 160 g/mol. The Morgan fingerprint density at radius 3 is 2.27 bits per heavy atom. The smallest absolute Gasteiger partial charge is 0.328 e. The predicted molar refractivity (Wildman–Crippen MR) is 35.0 cm³/mol. The molecule has 3 N–H and O–H groups in total. The first-order valence-corrected chi connectivity index (χ1v) is 2.83. The van der Waals surface area contributed by atoms with Crippen molar-refractivity contribution < 1.29 is 24.9 Å². The van der Waals surface area contributed by atoms with Gasteiger partial charge in [-0.25, -0.2) is 4.79 Å². The molecular weight excluding hydrogens is 152 g/mol. The minimum Gasteiger partial charge on any atom is -0.481 e. The van der Waals surface area contributed by atoms with Gasteiger partial charge in [-0.15, -0.1) is 0 Å². The Balaban J connectivity index is 3.77. The van der Waals surface area contributed by atoms with E-state index < -0.39 is 24.5 Å². The van der Waals surface area contributed by atoms with Crippen LogP contribution in [0.15, 0.2) is 12.2 Å². The summed E-state index contributed by atoms with van der Waals surface area (Å²) in [4.78, 5) is 19.8. The van der Waals surface area contributed by atoms with Crippen molar-refractivity contribution in [1.82, 2.24) is 0 Å². The van der Waals surface area contributed by atoms with Crippen molar-refractivity contribution >= 4 is 11.9 Å². The lowest BCUT2D eigenvalue weighted by molar-refractivity contribution is -0.138. The maximum absolute atomic E-state index is 9.91. The fraction of sp³-hybridized carbons (Fsp3) is 0.333.